The molecule has 0 aliphatic carbocycles. The Kier molecular flexibility index (Phi) is 5.07. The van der Waals surface area contributed by atoms with Crippen LogP contribution in [0, 0.1) is 0 Å². The summed E-state index contributed by atoms with van der Waals surface area (Å²) in [5, 5.41) is 8.85. The van der Waals surface area contributed by atoms with E-state index in [1.54, 1.807) is 0 Å². The molecule has 0 radical (unpaired) electrons. The molecule has 0 aromatic rings. The van der Waals surface area contributed by atoms with Crippen molar-refractivity contribution in [3.63, 3.8) is 0 Å². The fourth-order valence-corrected chi connectivity index (χ4v) is 1.01. The molecule has 0 aromatic heterocycles. The molecule has 124 valence electrons. The van der Waals surface area contributed by atoms with Crippen LogP contribution in [0.5, 0.6) is 0 Å². The largest absolute Gasteiger partial charge is 0.453 e. The highest BCUT2D eigenvalue weighted by Crippen LogP contribution is 2.44. The zero-order chi connectivity index (χ0) is 17.4. The number of ether oxygens (including phenoxy) is 1. The third kappa shape index (κ3) is 3.83. The molecule has 0 rings (SSSR count). The van der Waals surface area contributed by atoms with E-state index < -0.39 is 41.5 Å². The zero-order valence-electron chi connectivity index (χ0n) is 10.6. The Hall–Kier alpha value is -1.39. The van der Waals surface area contributed by atoms with Crippen LogP contribution in [0.3, 0.4) is 0 Å². The first-order valence-corrected chi connectivity index (χ1v) is 5.10. The lowest BCUT2D eigenvalue weighted by molar-refractivity contribution is -0.341. The van der Waals surface area contributed by atoms with Crippen molar-refractivity contribution in [1.82, 2.24) is 0 Å². The summed E-state index contributed by atoms with van der Waals surface area (Å²) < 4.78 is 104. The molecule has 2 unspecified atom stereocenters. The van der Waals surface area contributed by atoms with Gasteiger partial charge >= 0.3 is 24.2 Å². The zero-order valence-corrected chi connectivity index (χ0v) is 10.6. The van der Waals surface area contributed by atoms with E-state index in [9.17, 15) is 39.9 Å². The first-order valence-electron chi connectivity index (χ1n) is 5.10. The molecule has 0 aliphatic rings. The van der Waals surface area contributed by atoms with E-state index in [2.05, 4.69) is 11.3 Å². The minimum atomic E-state index is -5.81. The Morgan fingerprint density at radius 1 is 1.10 bits per heavy atom. The summed E-state index contributed by atoms with van der Waals surface area (Å²) in [5.74, 6) is -7.46. The van der Waals surface area contributed by atoms with Crippen molar-refractivity contribution in [2.75, 3.05) is 0 Å². The van der Waals surface area contributed by atoms with Gasteiger partial charge in [-0.05, 0) is 13.8 Å². The highest BCUT2D eigenvalue weighted by atomic mass is 19.4. The number of hydrogen-bond donors (Lipinski definition) is 1. The third-order valence-electron chi connectivity index (χ3n) is 2.58. The molecule has 0 saturated heterocycles. The smallest absolute Gasteiger partial charge is 0.423 e. The monoisotopic (exact) mass is 330 g/mol. The molecule has 0 fully saturated rings. The predicted octanol–water partition coefficient (Wildman–Crippen LogP) is 2.99. The molecule has 1 N–H and O–H groups in total. The maximum Gasteiger partial charge on any atom is 0.423 e. The van der Waals surface area contributed by atoms with Crippen LogP contribution in [0.2, 0.25) is 0 Å². The number of alkyl halides is 8. The maximum absolute atomic E-state index is 13.5. The normalized spacial score (nSPS) is 17.9. The number of esters is 1. The van der Waals surface area contributed by atoms with Gasteiger partial charge in [-0.1, -0.05) is 6.58 Å². The van der Waals surface area contributed by atoms with Gasteiger partial charge in [-0.2, -0.15) is 35.1 Å². The summed E-state index contributed by atoms with van der Waals surface area (Å²) in [6.07, 6.45) is -14.1. The van der Waals surface area contributed by atoms with Crippen LogP contribution in [0.4, 0.5) is 35.1 Å². The van der Waals surface area contributed by atoms with Crippen molar-refractivity contribution >= 4 is 5.97 Å². The van der Waals surface area contributed by atoms with Gasteiger partial charge in [-0.25, -0.2) is 4.79 Å². The fraction of sp³-hybridized carbons (Fsp3) is 0.700. The average molecular weight is 330 g/mol. The molecule has 0 spiro atoms. The van der Waals surface area contributed by atoms with Crippen LogP contribution >= 0.6 is 0 Å². The lowest BCUT2D eigenvalue weighted by Gasteiger charge is -2.37. The topological polar surface area (TPSA) is 46.5 Å². The number of halogens is 8. The lowest BCUT2D eigenvalue weighted by atomic mass is 9.93. The van der Waals surface area contributed by atoms with E-state index >= 15 is 0 Å². The van der Waals surface area contributed by atoms with Crippen molar-refractivity contribution in [3.8, 4) is 0 Å². The Labute approximate surface area is 113 Å². The molecule has 0 bridgehead atoms. The standard InChI is InChI=1S/C10H10F8O3/c1-4(9(13,14)15)6(19)21-5(2)8(11,12)7(3,20)10(16,17)18/h5,20H,1H2,2-3H3. The second-order valence-electron chi connectivity index (χ2n) is 4.22. The Bertz CT molecular complexity index is 421. The van der Waals surface area contributed by atoms with Gasteiger partial charge in [-0.3, -0.25) is 0 Å². The van der Waals surface area contributed by atoms with Crippen molar-refractivity contribution in [2.24, 2.45) is 0 Å². The van der Waals surface area contributed by atoms with Crippen LogP contribution in [0.1, 0.15) is 13.8 Å². The number of rotatable bonds is 4. The number of aliphatic hydroxyl groups is 1. The van der Waals surface area contributed by atoms with Gasteiger partial charge in [0, 0.05) is 0 Å². The Morgan fingerprint density at radius 2 is 1.48 bits per heavy atom. The van der Waals surface area contributed by atoms with Gasteiger partial charge in [0.2, 0.25) is 5.60 Å². The molecule has 0 heterocycles. The second kappa shape index (κ2) is 5.43. The summed E-state index contributed by atoms with van der Waals surface area (Å²) in [7, 11) is 0. The van der Waals surface area contributed by atoms with E-state index in [1.807, 2.05) is 0 Å². The Balaban J connectivity index is 5.23. The van der Waals surface area contributed by atoms with Crippen LogP contribution in [0.15, 0.2) is 12.2 Å². The molecule has 3 nitrogen and oxygen atoms in total. The molecule has 0 saturated carbocycles. The summed E-state index contributed by atoms with van der Waals surface area (Å²) in [6.45, 7) is 2.16. The van der Waals surface area contributed by atoms with Crippen LogP contribution < -0.4 is 0 Å². The summed E-state index contributed by atoms with van der Waals surface area (Å²) in [5.41, 5.74) is -6.78. The maximum atomic E-state index is 13.5. The van der Waals surface area contributed by atoms with Gasteiger partial charge in [0.25, 0.3) is 0 Å². The van der Waals surface area contributed by atoms with E-state index in [0.29, 0.717) is 0 Å². The van der Waals surface area contributed by atoms with Crippen LogP contribution in [-0.2, 0) is 9.53 Å². The van der Waals surface area contributed by atoms with Crippen molar-refractivity contribution in [2.45, 2.75) is 43.8 Å². The molecule has 0 aliphatic heterocycles. The van der Waals surface area contributed by atoms with Crippen LogP contribution in [0.25, 0.3) is 0 Å². The molecular weight excluding hydrogens is 320 g/mol. The van der Waals surface area contributed by atoms with Crippen molar-refractivity contribution < 1.29 is 49.8 Å². The highest BCUT2D eigenvalue weighted by Gasteiger charge is 2.69. The first kappa shape index (κ1) is 19.6. The van der Waals surface area contributed by atoms with Gasteiger partial charge < -0.3 is 9.84 Å². The highest BCUT2D eigenvalue weighted by molar-refractivity contribution is 5.89. The fourth-order valence-electron chi connectivity index (χ4n) is 1.01. The van der Waals surface area contributed by atoms with Gasteiger partial charge in [-0.15, -0.1) is 0 Å². The number of carbonyl (C=O) groups is 1. The van der Waals surface area contributed by atoms with E-state index in [4.69, 9.17) is 5.11 Å². The van der Waals surface area contributed by atoms with Gasteiger partial charge in [0.1, 0.15) is 5.57 Å². The van der Waals surface area contributed by atoms with Gasteiger partial charge in [0.15, 0.2) is 6.10 Å². The molecular formula is C10H10F8O3. The predicted molar refractivity (Wildman–Crippen MR) is 52.4 cm³/mol. The Morgan fingerprint density at radius 3 is 1.76 bits per heavy atom. The van der Waals surface area contributed by atoms with E-state index in [0.717, 1.165) is 0 Å². The molecule has 21 heavy (non-hydrogen) atoms. The SMILES string of the molecule is C=C(C(=O)OC(C)C(F)(F)C(C)(O)C(F)(F)F)C(F)(F)F. The lowest BCUT2D eigenvalue weighted by Crippen LogP contribution is -2.61. The van der Waals surface area contributed by atoms with Crippen LogP contribution in [-0.4, -0.2) is 41.1 Å². The minimum Gasteiger partial charge on any atom is -0.453 e. The first-order chi connectivity index (χ1) is 8.96. The molecule has 0 aromatic carbocycles. The summed E-state index contributed by atoms with van der Waals surface area (Å²) in [4.78, 5) is 10.9. The second-order valence-corrected chi connectivity index (χ2v) is 4.22. The van der Waals surface area contributed by atoms with E-state index in [-0.39, 0.29) is 13.8 Å². The van der Waals surface area contributed by atoms with Crippen molar-refractivity contribution in [1.29, 1.82) is 0 Å². The third-order valence-corrected chi connectivity index (χ3v) is 2.58. The number of carbonyl (C=O) groups excluding carboxylic acids is 1. The summed E-state index contributed by atoms with van der Waals surface area (Å²) >= 11 is 0. The quantitative estimate of drug-likeness (QED) is 0.490. The van der Waals surface area contributed by atoms with Crippen molar-refractivity contribution in [3.05, 3.63) is 12.2 Å². The average Bonchev–Trinajstić information content (AvgIpc) is 2.24. The molecule has 11 heteroatoms. The number of hydrogen-bond acceptors (Lipinski definition) is 3. The molecule has 0 amide bonds. The minimum absolute atomic E-state index is 0.210. The molecule has 2 atom stereocenters. The van der Waals surface area contributed by atoms with E-state index in [1.165, 1.54) is 0 Å². The summed E-state index contributed by atoms with van der Waals surface area (Å²) in [6, 6.07) is 0. The van der Waals surface area contributed by atoms with Gasteiger partial charge in [0.05, 0.1) is 0 Å².